The summed E-state index contributed by atoms with van der Waals surface area (Å²) in [5.74, 6) is -0.0708. The SMILES string of the molecule is CCNC(=O)CCNc1ncc(C(=O)OCC)c(C)n1. The first-order valence-electron chi connectivity index (χ1n) is 6.59. The van der Waals surface area contributed by atoms with Gasteiger partial charge in [-0.1, -0.05) is 0 Å². The van der Waals surface area contributed by atoms with Crippen LogP contribution in [0.3, 0.4) is 0 Å². The van der Waals surface area contributed by atoms with Crippen LogP contribution in [0.5, 0.6) is 0 Å². The molecule has 0 saturated carbocycles. The van der Waals surface area contributed by atoms with Crippen LogP contribution < -0.4 is 10.6 Å². The van der Waals surface area contributed by atoms with Crippen LogP contribution >= 0.6 is 0 Å². The highest BCUT2D eigenvalue weighted by molar-refractivity contribution is 5.90. The highest BCUT2D eigenvalue weighted by atomic mass is 16.5. The molecule has 0 aromatic carbocycles. The van der Waals surface area contributed by atoms with E-state index in [0.29, 0.717) is 43.3 Å². The lowest BCUT2D eigenvalue weighted by atomic mass is 10.2. The lowest BCUT2D eigenvalue weighted by Gasteiger charge is -2.08. The van der Waals surface area contributed by atoms with Gasteiger partial charge in [-0.05, 0) is 20.8 Å². The van der Waals surface area contributed by atoms with Crippen molar-refractivity contribution in [3.63, 3.8) is 0 Å². The van der Waals surface area contributed by atoms with Crippen LogP contribution in [-0.2, 0) is 9.53 Å². The summed E-state index contributed by atoms with van der Waals surface area (Å²) in [4.78, 5) is 31.0. The van der Waals surface area contributed by atoms with Crippen LogP contribution in [0.4, 0.5) is 5.95 Å². The summed E-state index contributed by atoms with van der Waals surface area (Å²) in [6.07, 6.45) is 1.77. The number of amides is 1. The van der Waals surface area contributed by atoms with E-state index in [1.165, 1.54) is 6.20 Å². The topological polar surface area (TPSA) is 93.2 Å². The lowest BCUT2D eigenvalue weighted by molar-refractivity contribution is -0.120. The molecular formula is C13H20N4O3. The number of aromatic nitrogens is 2. The maximum atomic E-state index is 11.6. The van der Waals surface area contributed by atoms with Crippen LogP contribution in [0.1, 0.15) is 36.3 Å². The number of nitrogens with zero attached hydrogens (tertiary/aromatic N) is 2. The molecule has 0 bridgehead atoms. The predicted molar refractivity (Wildman–Crippen MR) is 74.5 cm³/mol. The fraction of sp³-hybridized carbons (Fsp3) is 0.538. The molecule has 0 fully saturated rings. The fourth-order valence-electron chi connectivity index (χ4n) is 1.53. The van der Waals surface area contributed by atoms with Crippen molar-refractivity contribution < 1.29 is 14.3 Å². The van der Waals surface area contributed by atoms with E-state index in [4.69, 9.17) is 4.74 Å². The molecule has 1 aromatic heterocycles. The van der Waals surface area contributed by atoms with E-state index in [0.717, 1.165) is 0 Å². The number of carbonyl (C=O) groups is 2. The molecule has 2 N–H and O–H groups in total. The second-order valence-corrected chi connectivity index (χ2v) is 4.04. The Morgan fingerprint density at radius 2 is 2.10 bits per heavy atom. The minimum Gasteiger partial charge on any atom is -0.462 e. The first-order valence-corrected chi connectivity index (χ1v) is 6.59. The lowest BCUT2D eigenvalue weighted by Crippen LogP contribution is -2.25. The number of hydrogen-bond donors (Lipinski definition) is 2. The molecule has 0 saturated heterocycles. The largest absolute Gasteiger partial charge is 0.462 e. The summed E-state index contributed by atoms with van der Waals surface area (Å²) in [6.45, 7) is 6.68. The van der Waals surface area contributed by atoms with E-state index < -0.39 is 5.97 Å². The number of anilines is 1. The Balaban J connectivity index is 2.55. The van der Waals surface area contributed by atoms with Gasteiger partial charge in [0.1, 0.15) is 0 Å². The molecule has 1 rings (SSSR count). The second-order valence-electron chi connectivity index (χ2n) is 4.04. The molecule has 0 atom stereocenters. The Kier molecular flexibility index (Phi) is 6.42. The van der Waals surface area contributed by atoms with Crippen molar-refractivity contribution in [1.29, 1.82) is 0 Å². The highest BCUT2D eigenvalue weighted by Crippen LogP contribution is 2.08. The van der Waals surface area contributed by atoms with Crippen LogP contribution in [0.15, 0.2) is 6.20 Å². The van der Waals surface area contributed by atoms with Gasteiger partial charge in [-0.25, -0.2) is 14.8 Å². The van der Waals surface area contributed by atoms with Crippen molar-refractivity contribution in [2.75, 3.05) is 25.0 Å². The average Bonchev–Trinajstić information content (AvgIpc) is 2.39. The molecule has 20 heavy (non-hydrogen) atoms. The van der Waals surface area contributed by atoms with Gasteiger partial charge in [0.15, 0.2) is 0 Å². The van der Waals surface area contributed by atoms with Crippen molar-refractivity contribution in [2.24, 2.45) is 0 Å². The molecule has 0 radical (unpaired) electrons. The minimum atomic E-state index is -0.432. The Morgan fingerprint density at radius 3 is 2.70 bits per heavy atom. The van der Waals surface area contributed by atoms with Gasteiger partial charge < -0.3 is 15.4 Å². The van der Waals surface area contributed by atoms with Gasteiger partial charge in [-0.2, -0.15) is 0 Å². The Labute approximate surface area is 118 Å². The van der Waals surface area contributed by atoms with Crippen LogP contribution in [0.25, 0.3) is 0 Å². The quantitative estimate of drug-likeness (QED) is 0.721. The molecule has 0 aliphatic rings. The van der Waals surface area contributed by atoms with Crippen molar-refractivity contribution in [1.82, 2.24) is 15.3 Å². The van der Waals surface area contributed by atoms with Crippen molar-refractivity contribution in [3.8, 4) is 0 Å². The number of ether oxygens (including phenoxy) is 1. The number of esters is 1. The zero-order valence-electron chi connectivity index (χ0n) is 12.0. The maximum absolute atomic E-state index is 11.6. The Bertz CT molecular complexity index is 477. The van der Waals surface area contributed by atoms with Gasteiger partial charge in [-0.15, -0.1) is 0 Å². The van der Waals surface area contributed by atoms with E-state index in [-0.39, 0.29) is 5.91 Å². The molecule has 1 amide bonds. The Morgan fingerprint density at radius 1 is 1.35 bits per heavy atom. The monoisotopic (exact) mass is 280 g/mol. The molecule has 7 heteroatoms. The summed E-state index contributed by atoms with van der Waals surface area (Å²) in [5.41, 5.74) is 0.889. The predicted octanol–water partition coefficient (Wildman–Crippen LogP) is 0.900. The molecule has 0 aliphatic carbocycles. The highest BCUT2D eigenvalue weighted by Gasteiger charge is 2.12. The number of rotatable bonds is 7. The third-order valence-electron chi connectivity index (χ3n) is 2.48. The second kappa shape index (κ2) is 8.08. The summed E-state index contributed by atoms with van der Waals surface area (Å²) in [5, 5.41) is 5.64. The van der Waals surface area contributed by atoms with Gasteiger partial charge in [0.05, 0.1) is 17.9 Å². The molecular weight excluding hydrogens is 260 g/mol. The van der Waals surface area contributed by atoms with E-state index in [9.17, 15) is 9.59 Å². The number of nitrogens with one attached hydrogen (secondary N) is 2. The molecule has 0 spiro atoms. The van der Waals surface area contributed by atoms with E-state index in [1.54, 1.807) is 13.8 Å². The van der Waals surface area contributed by atoms with E-state index in [1.807, 2.05) is 6.92 Å². The summed E-state index contributed by atoms with van der Waals surface area (Å²) in [7, 11) is 0. The first kappa shape index (κ1) is 15.9. The molecule has 1 heterocycles. The van der Waals surface area contributed by atoms with Gasteiger partial charge in [-0.3, -0.25) is 4.79 Å². The molecule has 110 valence electrons. The smallest absolute Gasteiger partial charge is 0.341 e. The molecule has 7 nitrogen and oxygen atoms in total. The normalized spacial score (nSPS) is 9.95. The van der Waals surface area contributed by atoms with Crippen LogP contribution in [-0.4, -0.2) is 41.5 Å². The zero-order chi connectivity index (χ0) is 15.0. The minimum absolute atomic E-state index is 0.0279. The molecule has 0 unspecified atom stereocenters. The van der Waals surface area contributed by atoms with E-state index >= 15 is 0 Å². The average molecular weight is 280 g/mol. The van der Waals surface area contributed by atoms with Gasteiger partial charge in [0, 0.05) is 25.7 Å². The van der Waals surface area contributed by atoms with Gasteiger partial charge in [0.25, 0.3) is 0 Å². The fourth-order valence-corrected chi connectivity index (χ4v) is 1.53. The maximum Gasteiger partial charge on any atom is 0.341 e. The van der Waals surface area contributed by atoms with Crippen molar-refractivity contribution >= 4 is 17.8 Å². The Hall–Kier alpha value is -2.18. The third-order valence-corrected chi connectivity index (χ3v) is 2.48. The number of hydrogen-bond acceptors (Lipinski definition) is 6. The number of aryl methyl sites for hydroxylation is 1. The van der Waals surface area contributed by atoms with E-state index in [2.05, 4.69) is 20.6 Å². The summed E-state index contributed by atoms with van der Waals surface area (Å²) < 4.78 is 4.90. The summed E-state index contributed by atoms with van der Waals surface area (Å²) in [6, 6.07) is 0. The first-order chi connectivity index (χ1) is 9.58. The zero-order valence-corrected chi connectivity index (χ0v) is 12.0. The van der Waals surface area contributed by atoms with Gasteiger partial charge >= 0.3 is 5.97 Å². The third kappa shape index (κ3) is 4.83. The van der Waals surface area contributed by atoms with Crippen molar-refractivity contribution in [2.45, 2.75) is 27.2 Å². The van der Waals surface area contributed by atoms with Gasteiger partial charge in [0.2, 0.25) is 11.9 Å². The molecule has 0 aliphatic heterocycles. The van der Waals surface area contributed by atoms with Crippen LogP contribution in [0.2, 0.25) is 0 Å². The molecule has 1 aromatic rings. The number of carbonyl (C=O) groups excluding carboxylic acids is 2. The summed E-state index contributed by atoms with van der Waals surface area (Å²) >= 11 is 0. The van der Waals surface area contributed by atoms with Crippen molar-refractivity contribution in [3.05, 3.63) is 17.5 Å². The standard InChI is InChI=1S/C13H20N4O3/c1-4-14-11(18)6-7-15-13-16-8-10(9(3)17-13)12(19)20-5-2/h8H,4-7H2,1-3H3,(H,14,18)(H,15,16,17). The van der Waals surface area contributed by atoms with Crippen LogP contribution in [0, 0.1) is 6.92 Å².